The van der Waals surface area contributed by atoms with Gasteiger partial charge in [0.25, 0.3) is 0 Å². The van der Waals surface area contributed by atoms with Crippen LogP contribution in [0.5, 0.6) is 5.75 Å². The van der Waals surface area contributed by atoms with Gasteiger partial charge in [-0.25, -0.2) is 0 Å². The zero-order valence-corrected chi connectivity index (χ0v) is 13.1. The van der Waals surface area contributed by atoms with Crippen LogP contribution in [-0.4, -0.2) is 13.7 Å². The van der Waals surface area contributed by atoms with Crippen molar-refractivity contribution in [2.24, 2.45) is 5.92 Å². The Morgan fingerprint density at radius 1 is 1.43 bits per heavy atom. The maximum absolute atomic E-state index is 8.89. The lowest BCUT2D eigenvalue weighted by Crippen LogP contribution is -2.08. The molecule has 1 atom stereocenters. The van der Waals surface area contributed by atoms with E-state index in [0.717, 1.165) is 18.4 Å². The van der Waals surface area contributed by atoms with E-state index in [2.05, 4.69) is 26.0 Å². The third-order valence-corrected chi connectivity index (χ3v) is 3.43. The topological polar surface area (TPSA) is 42.2 Å². The van der Waals surface area contributed by atoms with E-state index in [-0.39, 0.29) is 0 Å². The fraction of sp³-hybridized carbons (Fsp3) is 0.500. The van der Waals surface area contributed by atoms with Crippen LogP contribution in [0, 0.1) is 29.4 Å². The lowest BCUT2D eigenvalue weighted by molar-refractivity contribution is 0.202. The van der Waals surface area contributed by atoms with Gasteiger partial charge >= 0.3 is 0 Å². The molecule has 0 aromatic heterocycles. The molecule has 1 aromatic rings. The van der Waals surface area contributed by atoms with Gasteiger partial charge in [0, 0.05) is 11.6 Å². The van der Waals surface area contributed by atoms with E-state index >= 15 is 0 Å². The molecule has 0 bridgehead atoms. The van der Waals surface area contributed by atoms with Gasteiger partial charge in [-0.3, -0.25) is 0 Å². The summed E-state index contributed by atoms with van der Waals surface area (Å²) < 4.78 is 11.0. The molecule has 1 unspecified atom stereocenters. The summed E-state index contributed by atoms with van der Waals surface area (Å²) in [7, 11) is 1.59. The first kappa shape index (κ1) is 17.1. The minimum absolute atomic E-state index is 0.472. The Balaban J connectivity index is 2.74. The van der Waals surface area contributed by atoms with Crippen LogP contribution in [0.1, 0.15) is 45.1 Å². The SMILES string of the molecule is CCCCC(CC)COC(=[C]C#N)c1cc[c]c(OC)c1. The van der Waals surface area contributed by atoms with Crippen molar-refractivity contribution in [1.82, 2.24) is 0 Å². The molecule has 0 heterocycles. The van der Waals surface area contributed by atoms with E-state index in [9.17, 15) is 0 Å². The molecule has 0 aliphatic rings. The number of ether oxygens (including phenoxy) is 2. The lowest BCUT2D eigenvalue weighted by Gasteiger charge is -2.17. The Kier molecular flexibility index (Phi) is 8.04. The van der Waals surface area contributed by atoms with Crippen molar-refractivity contribution < 1.29 is 9.47 Å². The normalized spacial score (nSPS) is 12.6. The minimum Gasteiger partial charge on any atom is -0.496 e. The summed E-state index contributed by atoms with van der Waals surface area (Å²) in [4.78, 5) is 0. The average Bonchev–Trinajstić information content (AvgIpc) is 2.54. The Morgan fingerprint density at radius 2 is 2.24 bits per heavy atom. The number of hydrogen-bond donors (Lipinski definition) is 0. The highest BCUT2D eigenvalue weighted by Gasteiger charge is 2.10. The molecular formula is C18H23NO2. The second-order valence-electron chi connectivity index (χ2n) is 4.94. The second kappa shape index (κ2) is 9.88. The summed E-state index contributed by atoms with van der Waals surface area (Å²) in [5, 5.41) is 8.89. The fourth-order valence-corrected chi connectivity index (χ4v) is 2.05. The zero-order valence-electron chi connectivity index (χ0n) is 13.1. The number of rotatable bonds is 9. The molecule has 112 valence electrons. The zero-order chi connectivity index (χ0) is 15.5. The van der Waals surface area contributed by atoms with Crippen LogP contribution in [0.4, 0.5) is 0 Å². The second-order valence-corrected chi connectivity index (χ2v) is 4.94. The summed E-state index contributed by atoms with van der Waals surface area (Å²) in [5.74, 6) is 1.60. The number of nitriles is 1. The van der Waals surface area contributed by atoms with E-state index in [0.29, 0.717) is 24.0 Å². The maximum atomic E-state index is 8.89. The van der Waals surface area contributed by atoms with Crippen LogP contribution in [-0.2, 0) is 4.74 Å². The van der Waals surface area contributed by atoms with Gasteiger partial charge in [0.1, 0.15) is 23.7 Å². The molecule has 0 aliphatic carbocycles. The summed E-state index contributed by atoms with van der Waals surface area (Å²) in [6, 6.07) is 10.3. The van der Waals surface area contributed by atoms with Crippen molar-refractivity contribution in [3.05, 3.63) is 35.9 Å². The maximum Gasteiger partial charge on any atom is 0.145 e. The lowest BCUT2D eigenvalue weighted by atomic mass is 10.0. The van der Waals surface area contributed by atoms with Gasteiger partial charge in [-0.1, -0.05) is 39.2 Å². The largest absolute Gasteiger partial charge is 0.496 e. The van der Waals surface area contributed by atoms with E-state index in [1.807, 2.05) is 12.1 Å². The molecule has 1 rings (SSSR count). The van der Waals surface area contributed by atoms with Crippen molar-refractivity contribution in [3.8, 4) is 11.8 Å². The van der Waals surface area contributed by atoms with Crippen molar-refractivity contribution in [2.45, 2.75) is 39.5 Å². The molecule has 0 fully saturated rings. The molecule has 21 heavy (non-hydrogen) atoms. The first-order valence-corrected chi connectivity index (χ1v) is 7.46. The summed E-state index contributed by atoms with van der Waals surface area (Å²) >= 11 is 0. The monoisotopic (exact) mass is 285 g/mol. The Bertz CT molecular complexity index is 488. The Hall–Kier alpha value is -1.95. The van der Waals surface area contributed by atoms with Gasteiger partial charge < -0.3 is 9.47 Å². The summed E-state index contributed by atoms with van der Waals surface area (Å²) in [6.45, 7) is 4.97. The molecule has 0 saturated carbocycles. The van der Waals surface area contributed by atoms with E-state index in [1.165, 1.54) is 12.8 Å². The third kappa shape index (κ3) is 5.91. The van der Waals surface area contributed by atoms with Gasteiger partial charge in [0.05, 0.1) is 13.7 Å². The fourth-order valence-electron chi connectivity index (χ4n) is 2.05. The molecule has 0 aliphatic heterocycles. The summed E-state index contributed by atoms with van der Waals surface area (Å²) in [5.41, 5.74) is 0.789. The van der Waals surface area contributed by atoms with Gasteiger partial charge in [-0.15, -0.1) is 0 Å². The number of unbranched alkanes of at least 4 members (excludes halogenated alkanes) is 1. The Morgan fingerprint density at radius 3 is 2.86 bits per heavy atom. The molecule has 3 nitrogen and oxygen atoms in total. The highest BCUT2D eigenvalue weighted by atomic mass is 16.5. The highest BCUT2D eigenvalue weighted by molar-refractivity contribution is 5.61. The van der Waals surface area contributed by atoms with Gasteiger partial charge in [0.15, 0.2) is 0 Å². The number of hydrogen-bond acceptors (Lipinski definition) is 3. The van der Waals surface area contributed by atoms with Crippen LogP contribution in [0.25, 0.3) is 5.76 Å². The first-order valence-electron chi connectivity index (χ1n) is 7.46. The third-order valence-electron chi connectivity index (χ3n) is 3.43. The molecule has 0 spiro atoms. The molecule has 3 heteroatoms. The van der Waals surface area contributed by atoms with Crippen LogP contribution in [0.3, 0.4) is 0 Å². The number of benzene rings is 1. The predicted molar refractivity (Wildman–Crippen MR) is 83.4 cm³/mol. The van der Waals surface area contributed by atoms with E-state index in [4.69, 9.17) is 14.7 Å². The highest BCUT2D eigenvalue weighted by Crippen LogP contribution is 2.22. The van der Waals surface area contributed by atoms with Crippen molar-refractivity contribution in [2.75, 3.05) is 13.7 Å². The first-order chi connectivity index (χ1) is 10.2. The molecule has 1 aromatic carbocycles. The van der Waals surface area contributed by atoms with Crippen molar-refractivity contribution >= 4 is 5.76 Å². The van der Waals surface area contributed by atoms with E-state index in [1.54, 1.807) is 19.2 Å². The van der Waals surface area contributed by atoms with Crippen LogP contribution < -0.4 is 4.74 Å². The quantitative estimate of drug-likeness (QED) is 0.499. The van der Waals surface area contributed by atoms with Crippen LogP contribution >= 0.6 is 0 Å². The molecule has 0 amide bonds. The summed E-state index contributed by atoms with van der Waals surface area (Å²) in [6.07, 6.45) is 7.24. The predicted octanol–water partition coefficient (Wildman–Crippen LogP) is 4.40. The van der Waals surface area contributed by atoms with Crippen molar-refractivity contribution in [3.63, 3.8) is 0 Å². The number of allylic oxidation sites excluding steroid dienone is 1. The van der Waals surface area contributed by atoms with Gasteiger partial charge in [-0.05, 0) is 24.5 Å². The van der Waals surface area contributed by atoms with E-state index < -0.39 is 0 Å². The standard InChI is InChI=1S/C18H23NO2/c1-4-6-8-15(5-2)14-21-18(11-12-19)16-9-7-10-17(13-16)20-3/h7,9,13,15H,4-6,8,14H2,1-3H3. The molecule has 2 radical (unpaired) electrons. The van der Waals surface area contributed by atoms with Crippen molar-refractivity contribution in [1.29, 1.82) is 5.26 Å². The molecule has 0 saturated heterocycles. The smallest absolute Gasteiger partial charge is 0.145 e. The Labute approximate surface area is 128 Å². The van der Waals surface area contributed by atoms with Crippen LogP contribution in [0.2, 0.25) is 0 Å². The number of nitrogens with zero attached hydrogens (tertiary/aromatic N) is 1. The molecule has 0 N–H and O–H groups in total. The van der Waals surface area contributed by atoms with Gasteiger partial charge in [0.2, 0.25) is 0 Å². The average molecular weight is 285 g/mol. The molecular weight excluding hydrogens is 262 g/mol. The van der Waals surface area contributed by atoms with Crippen LogP contribution in [0.15, 0.2) is 18.2 Å². The minimum atomic E-state index is 0.472. The number of methoxy groups -OCH3 is 1. The van der Waals surface area contributed by atoms with Gasteiger partial charge in [-0.2, -0.15) is 5.26 Å².